The zero-order chi connectivity index (χ0) is 31.5. The van der Waals surface area contributed by atoms with Gasteiger partial charge in [-0.25, -0.2) is 0 Å². The Labute approximate surface area is 222 Å². The van der Waals surface area contributed by atoms with Gasteiger partial charge in [0.1, 0.15) is 29.7 Å². The molecule has 13 nitrogen and oxygen atoms in total. The first-order chi connectivity index (χ1) is 16.3. The molecule has 0 aromatic rings. The maximum atomic E-state index is 10.6. The van der Waals surface area contributed by atoms with E-state index in [4.69, 9.17) is 41.4 Å². The summed E-state index contributed by atoms with van der Waals surface area (Å²) in [5, 5.41) is 47.2. The highest BCUT2D eigenvalue weighted by molar-refractivity contribution is 7.68. The Morgan fingerprint density at radius 1 is 0.757 bits per heavy atom. The van der Waals surface area contributed by atoms with Crippen LogP contribution in [0.4, 0.5) is 0 Å². The standard InChI is InChI=1S/C4H8NOP.C3H6NO2P.2C3H6NOP.C3H6NP.C2H2NO2P/c1-3-7(2,6)4-5;1-7(5,6)3-2-4;2*1-6(2,5)3-4;1-5(2)3-4;3-1-2-6(4)5/h3H2,1-2H3;3H2,1H3,(H,5,6);2*1-2H3;1-2H3;2H2/p+1. The van der Waals surface area contributed by atoms with Crippen molar-refractivity contribution < 1.29 is 32.6 Å². The Kier molecular flexibility index (Phi) is 35.8. The molecule has 0 heterocycles. The molecule has 0 aromatic carbocycles. The predicted octanol–water partition coefficient (Wildman–Crippen LogP) is 5.52. The third-order valence-electron chi connectivity index (χ3n) is 2.07. The first kappa shape index (κ1) is 48.4. The van der Waals surface area contributed by atoms with Crippen molar-refractivity contribution >= 4 is 44.7 Å². The Morgan fingerprint density at radius 2 is 1.05 bits per heavy atom. The lowest BCUT2D eigenvalue weighted by Crippen LogP contribution is -1.78. The van der Waals surface area contributed by atoms with E-state index in [1.165, 1.54) is 39.4 Å². The molecule has 0 spiro atoms. The van der Waals surface area contributed by atoms with Crippen LogP contribution in [0.3, 0.4) is 0 Å². The van der Waals surface area contributed by atoms with Gasteiger partial charge in [0.2, 0.25) is 7.37 Å². The minimum absolute atomic E-state index is 0.243. The number of hydrogen-bond donors (Lipinski definition) is 2. The van der Waals surface area contributed by atoms with Gasteiger partial charge in [0.15, 0.2) is 21.4 Å². The van der Waals surface area contributed by atoms with Gasteiger partial charge in [-0.1, -0.05) is 6.92 Å². The molecule has 0 aliphatic heterocycles. The Hall–Kier alpha value is -1.69. The molecule has 3 unspecified atom stereocenters. The van der Waals surface area contributed by atoms with Crippen LogP contribution >= 0.6 is 44.7 Å². The van der Waals surface area contributed by atoms with Crippen LogP contribution in [0, 0.1) is 67.0 Å². The maximum Gasteiger partial charge on any atom is 0.520 e. The number of nitrogens with zero attached hydrogens (tertiary/aromatic N) is 6. The lowest BCUT2D eigenvalue weighted by Gasteiger charge is -1.92. The molecule has 0 fully saturated rings. The second-order valence-electron chi connectivity index (χ2n) is 7.45. The van der Waals surface area contributed by atoms with Gasteiger partial charge in [-0.2, -0.15) is 36.5 Å². The summed E-state index contributed by atoms with van der Waals surface area (Å²) in [5.41, 5.74) is 0. The topological polar surface area (TPSA) is 269 Å². The van der Waals surface area contributed by atoms with Gasteiger partial charge in [0.05, 0.1) is 11.9 Å². The molecular weight excluding hydrogens is 598 g/mol. The van der Waals surface area contributed by atoms with Crippen molar-refractivity contribution in [1.29, 1.82) is 31.6 Å². The summed E-state index contributed by atoms with van der Waals surface area (Å²) in [6, 6.07) is 3.13. The largest absolute Gasteiger partial charge is 0.520 e. The van der Waals surface area contributed by atoms with E-state index >= 15 is 0 Å². The fourth-order valence-corrected chi connectivity index (χ4v) is 0.787. The van der Waals surface area contributed by atoms with E-state index in [9.17, 15) is 22.8 Å². The molecule has 19 heteroatoms. The summed E-state index contributed by atoms with van der Waals surface area (Å²) in [6.07, 6.45) is -0.00810. The molecular formula is C18H35N6O7P6+. The maximum absolute atomic E-state index is 10.6. The zero-order valence-electron chi connectivity index (χ0n) is 22.4. The summed E-state index contributed by atoms with van der Waals surface area (Å²) in [4.78, 5) is 16.2. The Balaban J connectivity index is -0.0000000782. The minimum atomic E-state index is -3.03. The van der Waals surface area contributed by atoms with E-state index in [1.54, 1.807) is 30.4 Å². The molecule has 0 saturated heterocycles. The number of rotatable bonds is 3. The first-order valence-corrected chi connectivity index (χ1v) is 23.0. The normalized spacial score (nSPS) is 12.4. The quantitative estimate of drug-likeness (QED) is 0.363. The molecule has 208 valence electrons. The highest BCUT2D eigenvalue weighted by atomic mass is 31.2. The van der Waals surface area contributed by atoms with Crippen LogP contribution in [-0.4, -0.2) is 81.6 Å². The fourth-order valence-electron chi connectivity index (χ4n) is 0.262. The third kappa shape index (κ3) is 96.1. The van der Waals surface area contributed by atoms with Crippen molar-refractivity contribution in [2.75, 3.05) is 71.8 Å². The van der Waals surface area contributed by atoms with E-state index in [-0.39, 0.29) is 20.2 Å². The van der Waals surface area contributed by atoms with Crippen molar-refractivity contribution in [2.24, 2.45) is 0 Å². The second kappa shape index (κ2) is 27.3. The molecule has 0 rings (SSSR count). The summed E-state index contributed by atoms with van der Waals surface area (Å²) >= 11 is 0. The molecule has 0 aromatic heterocycles. The molecule has 0 aliphatic carbocycles. The summed E-state index contributed by atoms with van der Waals surface area (Å²) < 4.78 is 50.7. The van der Waals surface area contributed by atoms with Crippen molar-refractivity contribution in [1.82, 2.24) is 0 Å². The number of hydrogen-bond acceptors (Lipinski definition) is 11. The van der Waals surface area contributed by atoms with E-state index in [0.717, 1.165) is 6.66 Å². The van der Waals surface area contributed by atoms with Gasteiger partial charge in [-0.3, -0.25) is 4.57 Å². The smallest absolute Gasteiger partial charge is 0.344 e. The van der Waals surface area contributed by atoms with Crippen LogP contribution in [0.1, 0.15) is 6.92 Å². The van der Waals surface area contributed by atoms with Crippen molar-refractivity contribution in [3.05, 3.63) is 0 Å². The van der Waals surface area contributed by atoms with Crippen LogP contribution in [0.2, 0.25) is 0 Å². The lowest BCUT2D eigenvalue weighted by molar-refractivity contribution is 0.488. The van der Waals surface area contributed by atoms with Crippen LogP contribution < -0.4 is 0 Å². The summed E-state index contributed by atoms with van der Waals surface area (Å²) in [6.45, 7) is 14.0. The van der Waals surface area contributed by atoms with Crippen molar-refractivity contribution in [2.45, 2.75) is 6.92 Å². The van der Waals surface area contributed by atoms with Crippen molar-refractivity contribution in [3.8, 4) is 35.4 Å². The van der Waals surface area contributed by atoms with Gasteiger partial charge in [0, 0.05) is 46.2 Å². The van der Waals surface area contributed by atoms with Gasteiger partial charge in [0.25, 0.3) is 6.16 Å². The lowest BCUT2D eigenvalue weighted by atomic mass is 10.9. The van der Waals surface area contributed by atoms with E-state index < -0.39 is 36.8 Å². The predicted molar refractivity (Wildman–Crippen MR) is 151 cm³/mol. The first-order valence-electron chi connectivity index (χ1n) is 9.49. The van der Waals surface area contributed by atoms with Crippen molar-refractivity contribution in [3.63, 3.8) is 0 Å². The molecule has 2 N–H and O–H groups in total. The van der Waals surface area contributed by atoms with E-state index in [2.05, 4.69) is 5.81 Å². The zero-order valence-corrected chi connectivity index (χ0v) is 27.8. The molecule has 3 atom stereocenters. The van der Waals surface area contributed by atoms with E-state index in [0.29, 0.717) is 6.16 Å². The summed E-state index contributed by atoms with van der Waals surface area (Å²) in [7, 11) is -12.6. The van der Waals surface area contributed by atoms with Crippen LogP contribution in [-0.2, 0) is 22.8 Å². The fraction of sp³-hybridized carbons (Fsp3) is 0.667. The van der Waals surface area contributed by atoms with Gasteiger partial charge < -0.3 is 18.6 Å². The average molecular weight is 633 g/mol. The molecule has 0 radical (unpaired) electrons. The van der Waals surface area contributed by atoms with E-state index in [1.807, 2.05) is 13.3 Å². The molecule has 0 saturated carbocycles. The highest BCUT2D eigenvalue weighted by Gasteiger charge is 2.07. The Morgan fingerprint density at radius 3 is 1.05 bits per heavy atom. The Bertz CT molecular complexity index is 1070. The number of nitriles is 6. The van der Waals surface area contributed by atoms with Gasteiger partial charge in [-0.05, 0) is 25.8 Å². The highest BCUT2D eigenvalue weighted by Crippen LogP contribution is 2.37. The molecule has 0 amide bonds. The molecule has 0 bridgehead atoms. The second-order valence-corrected chi connectivity index (χ2v) is 21.7. The third-order valence-corrected chi connectivity index (χ3v) is 6.20. The molecule has 0 aliphatic rings. The summed E-state index contributed by atoms with van der Waals surface area (Å²) in [5.74, 6) is 7.16. The SMILES string of the molecule is CCP(C)(=O)C#N.CP(=O)(O)CC#N.CP(C)(=O)C#N.CP(C)(=O)C#N.CP(C)C#N.N#CC[P+](=O)O. The monoisotopic (exact) mass is 633 g/mol. The van der Waals surface area contributed by atoms with Crippen LogP contribution in [0.5, 0.6) is 0 Å². The van der Waals surface area contributed by atoms with Gasteiger partial charge >= 0.3 is 8.03 Å². The molecule has 37 heavy (non-hydrogen) atoms. The van der Waals surface area contributed by atoms with Gasteiger partial charge in [-0.15, -0.1) is 0 Å². The van der Waals surface area contributed by atoms with Crippen LogP contribution in [0.25, 0.3) is 0 Å². The minimum Gasteiger partial charge on any atom is -0.344 e. The average Bonchev–Trinajstić information content (AvgIpc) is 2.74. The van der Waals surface area contributed by atoms with Crippen LogP contribution in [0.15, 0.2) is 0 Å².